The van der Waals surface area contributed by atoms with E-state index in [2.05, 4.69) is 42.5 Å². The van der Waals surface area contributed by atoms with Gasteiger partial charge in [0.2, 0.25) is 0 Å². The van der Waals surface area contributed by atoms with Crippen molar-refractivity contribution >= 4 is 55.2 Å². The number of urea groups is 1. The zero-order valence-electron chi connectivity index (χ0n) is 10.6. The summed E-state index contributed by atoms with van der Waals surface area (Å²) >= 11 is 6.70. The number of carbonyl (C=O) groups is 2. The highest BCUT2D eigenvalue weighted by Crippen LogP contribution is 2.30. The normalized spacial score (nSPS) is 10.0. The number of para-hydroxylation sites is 1. The van der Waals surface area contributed by atoms with Gasteiger partial charge in [-0.3, -0.25) is 0 Å². The molecule has 7 heteroatoms. The first-order chi connectivity index (χ1) is 9.97. The van der Waals surface area contributed by atoms with Gasteiger partial charge in [0.25, 0.3) is 0 Å². The molecule has 0 fully saturated rings. The standard InChI is InChI=1S/C14H10Br2N2O3/c15-10-2-1-3-11(16)12(10)18-14(21)17-9-6-4-8(5-7-9)13(19)20/h1-7H,(H,19,20)(H2,17,18,21). The molecule has 21 heavy (non-hydrogen) atoms. The van der Waals surface area contributed by atoms with Crippen molar-refractivity contribution in [1.29, 1.82) is 0 Å². The number of nitrogens with one attached hydrogen (secondary N) is 2. The Morgan fingerprint density at radius 3 is 2.00 bits per heavy atom. The van der Waals surface area contributed by atoms with E-state index < -0.39 is 12.0 Å². The molecule has 0 bridgehead atoms. The number of rotatable bonds is 3. The highest BCUT2D eigenvalue weighted by Gasteiger charge is 2.09. The second-order valence-corrected chi connectivity index (χ2v) is 5.77. The molecule has 0 atom stereocenters. The molecule has 0 spiro atoms. The summed E-state index contributed by atoms with van der Waals surface area (Å²) in [5.74, 6) is -1.01. The monoisotopic (exact) mass is 412 g/mol. The Bertz CT molecular complexity index is 667. The van der Waals surface area contributed by atoms with E-state index in [-0.39, 0.29) is 5.56 Å². The number of halogens is 2. The Morgan fingerprint density at radius 2 is 1.48 bits per heavy atom. The van der Waals surface area contributed by atoms with Gasteiger partial charge in [-0.05, 0) is 68.3 Å². The molecule has 2 aromatic carbocycles. The lowest BCUT2D eigenvalue weighted by Gasteiger charge is -2.11. The molecule has 0 aromatic heterocycles. The van der Waals surface area contributed by atoms with Crippen molar-refractivity contribution in [3.05, 3.63) is 57.0 Å². The Labute approximate surface area is 137 Å². The summed E-state index contributed by atoms with van der Waals surface area (Å²) in [7, 11) is 0. The van der Waals surface area contributed by atoms with E-state index in [1.54, 1.807) is 0 Å². The first kappa shape index (κ1) is 15.5. The van der Waals surface area contributed by atoms with Crippen LogP contribution in [0.1, 0.15) is 10.4 Å². The minimum absolute atomic E-state index is 0.162. The molecule has 5 nitrogen and oxygen atoms in total. The number of benzene rings is 2. The maximum atomic E-state index is 11.9. The van der Waals surface area contributed by atoms with Gasteiger partial charge in [0, 0.05) is 14.6 Å². The van der Waals surface area contributed by atoms with Gasteiger partial charge in [-0.2, -0.15) is 0 Å². The van der Waals surface area contributed by atoms with Gasteiger partial charge in [0.15, 0.2) is 0 Å². The second-order valence-electron chi connectivity index (χ2n) is 4.06. The van der Waals surface area contributed by atoms with Crippen molar-refractivity contribution < 1.29 is 14.7 Å². The summed E-state index contributed by atoms with van der Waals surface area (Å²) < 4.78 is 1.49. The molecule has 0 unspecified atom stereocenters. The SMILES string of the molecule is O=C(Nc1ccc(C(=O)O)cc1)Nc1c(Br)cccc1Br. The molecule has 3 N–H and O–H groups in total. The first-order valence-corrected chi connectivity index (χ1v) is 7.41. The average Bonchev–Trinajstić information content (AvgIpc) is 2.43. The molecule has 0 radical (unpaired) electrons. The summed E-state index contributed by atoms with van der Waals surface area (Å²) in [6.45, 7) is 0. The molecule has 0 heterocycles. The largest absolute Gasteiger partial charge is 0.478 e. The number of hydrogen-bond donors (Lipinski definition) is 3. The number of hydrogen-bond acceptors (Lipinski definition) is 2. The van der Waals surface area contributed by atoms with E-state index in [0.29, 0.717) is 11.4 Å². The summed E-state index contributed by atoms with van der Waals surface area (Å²) in [5.41, 5.74) is 1.27. The smallest absolute Gasteiger partial charge is 0.335 e. The Kier molecular flexibility index (Phi) is 4.98. The predicted molar refractivity (Wildman–Crippen MR) is 87.9 cm³/mol. The number of amides is 2. The molecule has 0 aliphatic carbocycles. The Morgan fingerprint density at radius 1 is 0.905 bits per heavy atom. The molecule has 2 aromatic rings. The first-order valence-electron chi connectivity index (χ1n) is 5.83. The van der Waals surface area contributed by atoms with Crippen LogP contribution < -0.4 is 10.6 Å². The summed E-state index contributed by atoms with van der Waals surface area (Å²) in [6, 6.07) is 10.9. The van der Waals surface area contributed by atoms with Crippen molar-refractivity contribution in [2.75, 3.05) is 10.6 Å². The minimum Gasteiger partial charge on any atom is -0.478 e. The summed E-state index contributed by atoms with van der Waals surface area (Å²) in [4.78, 5) is 22.7. The third-order valence-corrected chi connectivity index (χ3v) is 3.91. The highest BCUT2D eigenvalue weighted by molar-refractivity contribution is 9.11. The minimum atomic E-state index is -1.01. The molecule has 0 saturated carbocycles. The fraction of sp³-hybridized carbons (Fsp3) is 0. The lowest BCUT2D eigenvalue weighted by molar-refractivity contribution is 0.0697. The lowest BCUT2D eigenvalue weighted by Crippen LogP contribution is -2.20. The van der Waals surface area contributed by atoms with Gasteiger partial charge < -0.3 is 15.7 Å². The molecule has 0 saturated heterocycles. The number of anilines is 2. The van der Waals surface area contributed by atoms with Gasteiger partial charge in [0.1, 0.15) is 0 Å². The van der Waals surface area contributed by atoms with Crippen molar-refractivity contribution in [3.8, 4) is 0 Å². The van der Waals surface area contributed by atoms with Crippen LogP contribution in [-0.4, -0.2) is 17.1 Å². The molecular weight excluding hydrogens is 404 g/mol. The topological polar surface area (TPSA) is 78.4 Å². The fourth-order valence-corrected chi connectivity index (χ4v) is 2.79. The van der Waals surface area contributed by atoms with Gasteiger partial charge >= 0.3 is 12.0 Å². The van der Waals surface area contributed by atoms with E-state index >= 15 is 0 Å². The van der Waals surface area contributed by atoms with Gasteiger partial charge in [-0.25, -0.2) is 9.59 Å². The maximum Gasteiger partial charge on any atom is 0.335 e. The number of carboxylic acid groups (broad SMARTS) is 1. The number of carboxylic acids is 1. The van der Waals surface area contributed by atoms with E-state index in [1.165, 1.54) is 24.3 Å². The third-order valence-electron chi connectivity index (χ3n) is 2.59. The van der Waals surface area contributed by atoms with Crippen LogP contribution in [0.15, 0.2) is 51.4 Å². The Balaban J connectivity index is 2.06. The molecule has 0 aliphatic heterocycles. The number of aromatic carboxylic acids is 1. The van der Waals surface area contributed by atoms with Crippen LogP contribution in [0.5, 0.6) is 0 Å². The molecular formula is C14H10Br2N2O3. The summed E-state index contributed by atoms with van der Waals surface area (Å²) in [5, 5.41) is 14.1. The van der Waals surface area contributed by atoms with Crippen LogP contribution in [0, 0.1) is 0 Å². The zero-order chi connectivity index (χ0) is 15.4. The Hall–Kier alpha value is -1.86. The van der Waals surface area contributed by atoms with E-state index in [0.717, 1.165) is 8.95 Å². The van der Waals surface area contributed by atoms with Crippen molar-refractivity contribution in [3.63, 3.8) is 0 Å². The molecule has 0 aliphatic rings. The predicted octanol–water partition coefficient (Wildman–Crippen LogP) is 4.55. The highest BCUT2D eigenvalue weighted by atomic mass is 79.9. The van der Waals surface area contributed by atoms with Crippen LogP contribution in [0.4, 0.5) is 16.2 Å². The summed E-state index contributed by atoms with van der Waals surface area (Å²) in [6.07, 6.45) is 0. The average molecular weight is 414 g/mol. The second kappa shape index (κ2) is 6.73. The van der Waals surface area contributed by atoms with Crippen LogP contribution >= 0.6 is 31.9 Å². The lowest BCUT2D eigenvalue weighted by atomic mass is 10.2. The van der Waals surface area contributed by atoms with E-state index in [9.17, 15) is 9.59 Å². The quantitative estimate of drug-likeness (QED) is 0.690. The fourth-order valence-electron chi connectivity index (χ4n) is 1.59. The molecule has 2 amide bonds. The molecule has 108 valence electrons. The third kappa shape index (κ3) is 4.05. The zero-order valence-corrected chi connectivity index (χ0v) is 13.7. The van der Waals surface area contributed by atoms with Crippen molar-refractivity contribution in [2.24, 2.45) is 0 Å². The molecule has 2 rings (SSSR count). The van der Waals surface area contributed by atoms with Crippen LogP contribution in [0.2, 0.25) is 0 Å². The van der Waals surface area contributed by atoms with Crippen molar-refractivity contribution in [2.45, 2.75) is 0 Å². The van der Waals surface area contributed by atoms with Gasteiger partial charge in [0.05, 0.1) is 11.3 Å². The maximum absolute atomic E-state index is 11.9. The van der Waals surface area contributed by atoms with E-state index in [1.807, 2.05) is 18.2 Å². The van der Waals surface area contributed by atoms with Crippen molar-refractivity contribution in [1.82, 2.24) is 0 Å². The number of carbonyl (C=O) groups excluding carboxylic acids is 1. The van der Waals surface area contributed by atoms with E-state index in [4.69, 9.17) is 5.11 Å². The van der Waals surface area contributed by atoms with Crippen LogP contribution in [0.3, 0.4) is 0 Å². The van der Waals surface area contributed by atoms with Crippen LogP contribution in [-0.2, 0) is 0 Å². The van der Waals surface area contributed by atoms with Gasteiger partial charge in [-0.15, -0.1) is 0 Å². The van der Waals surface area contributed by atoms with Gasteiger partial charge in [-0.1, -0.05) is 6.07 Å². The van der Waals surface area contributed by atoms with Crippen LogP contribution in [0.25, 0.3) is 0 Å².